The van der Waals surface area contributed by atoms with Crippen molar-refractivity contribution in [2.24, 2.45) is 0 Å². The van der Waals surface area contributed by atoms with Gasteiger partial charge >= 0.3 is 0 Å². The summed E-state index contributed by atoms with van der Waals surface area (Å²) in [6, 6.07) is 68.9. The number of nitrogens with zero attached hydrogens (tertiary/aromatic N) is 20. The Kier molecular flexibility index (Phi) is 27.6. The molecule has 142 heavy (non-hydrogen) atoms. The minimum atomic E-state index is -0.263. The molecule has 0 unspecified atom stereocenters. The SMILES string of the molecule is CCCCNc1nccc(-c2c(-c3ccc(F)cc3)nc3n2[C@H](Cn2ccc4cc(Br)ccc42)CC3)n1.CCCNc1nccc(-c2c(-c3ccc(F)cc3)nc3n2[C@H](Cn2ccc4cc(Br)ccc42)CC3)n1.CCNc1nccc(-c2c(-c3ccc(F)cc3)nc3n2[C@H](Cn2ccc4cc(Br)ccc42)CC3)n1.CNc1nccc(-c2c(-c3ccc(F)cc3)nc3n2[C@H](Cn2ccc4cc(Br)ccc42)CC3)n1. The second-order valence-corrected chi connectivity index (χ2v) is 39.6. The molecule has 0 saturated carbocycles. The second-order valence-electron chi connectivity index (χ2n) is 35.9. The third-order valence-electron chi connectivity index (χ3n) is 26.7. The van der Waals surface area contributed by atoms with Crippen molar-refractivity contribution in [2.75, 3.05) is 47.9 Å². The molecule has 0 fully saturated rings. The van der Waals surface area contributed by atoms with Crippen LogP contribution in [0.5, 0.6) is 0 Å². The first kappa shape index (κ1) is 94.2. The van der Waals surface area contributed by atoms with Crippen LogP contribution in [0.1, 0.15) is 113 Å². The molecule has 0 aliphatic carbocycles. The molecule has 0 spiro atoms. The van der Waals surface area contributed by atoms with Gasteiger partial charge in [-0.25, -0.2) is 77.4 Å². The molecule has 24 nitrogen and oxygen atoms in total. The van der Waals surface area contributed by atoms with Gasteiger partial charge in [-0.05, 0) is 264 Å². The zero-order valence-electron chi connectivity index (χ0n) is 78.4. The molecule has 32 heteroatoms. The van der Waals surface area contributed by atoms with Gasteiger partial charge in [0, 0.05) is 212 Å². The van der Waals surface area contributed by atoms with E-state index in [9.17, 15) is 17.6 Å². The van der Waals surface area contributed by atoms with Gasteiger partial charge in [0.15, 0.2) is 0 Å². The van der Waals surface area contributed by atoms with Gasteiger partial charge in [-0.15, -0.1) is 0 Å². The Morgan fingerprint density at radius 1 is 0.303 bits per heavy atom. The molecular formula is C110H100Br4F4N24. The van der Waals surface area contributed by atoms with Crippen molar-refractivity contribution < 1.29 is 17.6 Å². The van der Waals surface area contributed by atoms with Crippen LogP contribution in [0.4, 0.5) is 41.4 Å². The number of nitrogens with one attached hydrogen (secondary N) is 4. The fourth-order valence-electron chi connectivity index (χ4n) is 20.1. The van der Waals surface area contributed by atoms with Crippen LogP contribution in [0.3, 0.4) is 0 Å². The first-order valence-corrected chi connectivity index (χ1v) is 51.3. The molecule has 8 aromatic carbocycles. The normalized spacial score (nSPS) is 15.0. The van der Waals surface area contributed by atoms with Gasteiger partial charge < -0.3 is 57.8 Å². The van der Waals surface area contributed by atoms with Crippen LogP contribution in [0.25, 0.3) is 134 Å². The predicted octanol–water partition coefficient (Wildman–Crippen LogP) is 26.7. The summed E-state index contributed by atoms with van der Waals surface area (Å²) in [6.07, 6.45) is 26.4. The third-order valence-corrected chi connectivity index (χ3v) is 28.7. The third kappa shape index (κ3) is 19.7. The summed E-state index contributed by atoms with van der Waals surface area (Å²) in [5.74, 6) is 5.45. The van der Waals surface area contributed by atoms with E-state index in [4.69, 9.17) is 39.9 Å². The van der Waals surface area contributed by atoms with E-state index in [2.05, 4.69) is 277 Å². The van der Waals surface area contributed by atoms with Gasteiger partial charge in [0.25, 0.3) is 0 Å². The van der Waals surface area contributed by atoms with Crippen molar-refractivity contribution in [3.63, 3.8) is 0 Å². The van der Waals surface area contributed by atoms with Crippen LogP contribution in [0.15, 0.2) is 286 Å². The zero-order chi connectivity index (χ0) is 97.2. The lowest BCUT2D eigenvalue weighted by Crippen LogP contribution is -2.14. The molecule has 716 valence electrons. The Bertz CT molecular complexity index is 7980. The molecule has 12 aromatic heterocycles. The number of unbranched alkanes of at least 4 members (excludes halogenated alkanes) is 1. The number of anilines is 4. The summed E-state index contributed by atoms with van der Waals surface area (Å²) in [5.41, 5.74) is 18.7. The molecule has 0 bridgehead atoms. The highest BCUT2D eigenvalue weighted by molar-refractivity contribution is 9.11. The maximum atomic E-state index is 13.8. The Balaban J connectivity index is 0.000000112. The van der Waals surface area contributed by atoms with Crippen molar-refractivity contribution in [3.8, 4) is 90.6 Å². The van der Waals surface area contributed by atoms with Crippen LogP contribution in [0.2, 0.25) is 0 Å². The molecule has 0 radical (unpaired) electrons. The first-order chi connectivity index (χ1) is 69.4. The van der Waals surface area contributed by atoms with Gasteiger partial charge in [0.05, 0.1) is 92.5 Å². The highest BCUT2D eigenvalue weighted by Crippen LogP contribution is 2.47. The molecule has 20 aromatic rings. The Hall–Kier alpha value is -14.1. The van der Waals surface area contributed by atoms with Crippen LogP contribution >= 0.6 is 63.7 Å². The van der Waals surface area contributed by atoms with E-state index in [1.807, 2.05) is 31.2 Å². The van der Waals surface area contributed by atoms with Crippen molar-refractivity contribution in [2.45, 2.75) is 142 Å². The molecular weight excluding hydrogens is 2050 g/mol. The van der Waals surface area contributed by atoms with Crippen LogP contribution in [-0.2, 0) is 51.9 Å². The van der Waals surface area contributed by atoms with E-state index in [0.717, 1.165) is 248 Å². The first-order valence-electron chi connectivity index (χ1n) is 48.1. The lowest BCUT2D eigenvalue weighted by atomic mass is 10.1. The van der Waals surface area contributed by atoms with Gasteiger partial charge in [-0.1, -0.05) is 84.0 Å². The number of rotatable bonds is 26. The highest BCUT2D eigenvalue weighted by atomic mass is 79.9. The minimum Gasteiger partial charge on any atom is -0.357 e. The summed E-state index contributed by atoms with van der Waals surface area (Å²) in [6.45, 7) is 12.0. The van der Waals surface area contributed by atoms with Crippen molar-refractivity contribution in [1.82, 2.24) is 96.3 Å². The van der Waals surface area contributed by atoms with E-state index in [-0.39, 0.29) is 47.4 Å². The van der Waals surface area contributed by atoms with Gasteiger partial charge in [-0.3, -0.25) is 0 Å². The molecule has 0 saturated heterocycles. The molecule has 16 heterocycles. The van der Waals surface area contributed by atoms with Crippen LogP contribution < -0.4 is 21.3 Å². The Morgan fingerprint density at radius 3 is 0.838 bits per heavy atom. The minimum absolute atomic E-state index is 0.220. The molecule has 4 atom stereocenters. The summed E-state index contributed by atoms with van der Waals surface area (Å²) < 4.78 is 77.7. The maximum absolute atomic E-state index is 13.8. The number of aromatic nitrogens is 20. The van der Waals surface area contributed by atoms with E-state index in [1.54, 1.807) is 80.4 Å². The average Bonchev–Trinajstić information content (AvgIpc) is 1.60. The quantitative estimate of drug-likeness (QED) is 0.0291. The fraction of sp³-hybridized carbons (Fsp3) is 0.236. The molecule has 24 rings (SSSR count). The number of fused-ring (bicyclic) bond motifs is 8. The van der Waals surface area contributed by atoms with Crippen molar-refractivity contribution in [3.05, 3.63) is 332 Å². The highest BCUT2D eigenvalue weighted by Gasteiger charge is 2.37. The maximum Gasteiger partial charge on any atom is 0.223 e. The number of benzene rings is 8. The van der Waals surface area contributed by atoms with Crippen molar-refractivity contribution >= 4 is 131 Å². The smallest absolute Gasteiger partial charge is 0.223 e. The summed E-state index contributed by atoms with van der Waals surface area (Å²) >= 11 is 14.3. The van der Waals surface area contributed by atoms with E-state index in [1.165, 1.54) is 92.1 Å². The van der Waals surface area contributed by atoms with Crippen LogP contribution in [-0.4, -0.2) is 123 Å². The van der Waals surface area contributed by atoms with E-state index in [0.29, 0.717) is 23.8 Å². The molecule has 4 N–H and O–H groups in total. The second kappa shape index (κ2) is 41.6. The van der Waals surface area contributed by atoms with Crippen molar-refractivity contribution in [1.29, 1.82) is 0 Å². The van der Waals surface area contributed by atoms with Gasteiger partial charge in [0.2, 0.25) is 23.8 Å². The monoisotopic (exact) mass is 2150 g/mol. The summed E-state index contributed by atoms with van der Waals surface area (Å²) in [7, 11) is 1.80. The zero-order valence-corrected chi connectivity index (χ0v) is 84.8. The van der Waals surface area contributed by atoms with Gasteiger partial charge in [-0.2, -0.15) is 0 Å². The summed E-state index contributed by atoms with van der Waals surface area (Å²) in [5, 5.41) is 17.7. The average molecular weight is 2150 g/mol. The van der Waals surface area contributed by atoms with Gasteiger partial charge in [0.1, 0.15) is 46.6 Å². The number of aryl methyl sites for hydroxylation is 4. The molecule has 4 aliphatic rings. The number of hydrogen-bond donors (Lipinski definition) is 4. The summed E-state index contributed by atoms with van der Waals surface area (Å²) in [4.78, 5) is 57.0. The lowest BCUT2D eigenvalue weighted by molar-refractivity contribution is 0.459. The fourth-order valence-corrected chi connectivity index (χ4v) is 21.7. The molecule has 4 aliphatic heterocycles. The Morgan fingerprint density at radius 2 is 0.570 bits per heavy atom. The standard InChI is InChI=1S/C29H28BrFN6.C28H26BrFN6.C27H24BrFN6.C26H22BrFN6/c1-2-3-14-32-29-33-15-12-24(34-29)28-27(19-4-7-22(31)8-5-19)35-26-11-9-23(37(26)28)18-36-16-13-20-17-21(30)6-10-25(20)36;1-2-13-31-28-32-14-11-23(33-28)27-26(18-3-6-21(30)7-4-18)34-25-10-8-22(36(25)27)17-35-15-12-19-16-20(29)5-9-24(19)35;1-2-30-27-31-13-11-22(32-27)26-25(17-3-6-20(29)7-4-17)33-24-10-8-21(35(24)26)16-34-14-12-18-15-19(28)5-9-23(18)34;1-29-26-30-12-10-21(31-26)25-24(16-2-5-19(28)6-3-16)32-23-9-7-20(34(23)25)15-33-13-11-17-14-18(27)4-8-22(17)33/h4-8,10,12-13,15-17,23H,2-3,9,11,14,18H2,1H3,(H,32,33,34);3-7,9,11-12,14-16,22H,2,8,10,13,17H2,1H3,(H,31,32,33);3-7,9,11-15,21H,2,8,10,16H2,1H3,(H,30,31,32);2-6,8,10-14,20H,7,9,15H2,1H3,(H,29,30,31)/t23-;22-;21-;20-/m0000/s1. The number of hydrogen-bond acceptors (Lipinski definition) is 16. The number of halogens is 8. The lowest BCUT2D eigenvalue weighted by Gasteiger charge is -2.19. The topological polar surface area (TPSA) is 242 Å². The molecule has 0 amide bonds. The predicted molar refractivity (Wildman–Crippen MR) is 568 cm³/mol. The van der Waals surface area contributed by atoms with E-state index >= 15 is 0 Å². The van der Waals surface area contributed by atoms with Crippen LogP contribution in [0, 0.1) is 23.3 Å². The Labute approximate surface area is 851 Å². The largest absolute Gasteiger partial charge is 0.357 e. The number of imidazole rings is 4. The van der Waals surface area contributed by atoms with E-state index < -0.39 is 0 Å².